The van der Waals surface area contributed by atoms with Crippen molar-refractivity contribution < 1.29 is 13.2 Å². The Morgan fingerprint density at radius 3 is 1.09 bits per heavy atom. The number of hydrogen-bond acceptors (Lipinski definition) is 4. The Morgan fingerprint density at radius 2 is 0.750 bits per heavy atom. The Hall–Kier alpha value is -7.61. The fourth-order valence-electron chi connectivity index (χ4n) is 6.61. The van der Waals surface area contributed by atoms with Crippen LogP contribution in [0.1, 0.15) is 38.9 Å². The van der Waals surface area contributed by atoms with E-state index in [1.165, 1.54) is 12.1 Å². The van der Waals surface area contributed by atoms with Crippen LogP contribution in [0.4, 0.5) is 47.3 Å². The number of aryl methyl sites for hydroxylation is 1. The molecule has 4 nitrogen and oxygen atoms in total. The molecule has 7 heteroatoms. The summed E-state index contributed by atoms with van der Waals surface area (Å²) in [6.07, 6.45) is 6.59. The molecule has 7 aromatic carbocycles. The minimum absolute atomic E-state index is 0.120. The molecule has 0 fully saturated rings. The quantitative estimate of drug-likeness (QED) is 0.131. The highest BCUT2D eigenvalue weighted by molar-refractivity contribution is 5.94. The molecule has 0 amide bonds. The van der Waals surface area contributed by atoms with E-state index in [1.54, 1.807) is 31.2 Å². The molecular formula is C49H33F3N4. The normalized spacial score (nSPS) is 11.0. The lowest BCUT2D eigenvalue weighted by Crippen LogP contribution is -2.15. The van der Waals surface area contributed by atoms with Gasteiger partial charge in [0.2, 0.25) is 0 Å². The fraction of sp³-hybridized carbons (Fsp3) is 0.0204. The second kappa shape index (κ2) is 16.6. The monoisotopic (exact) mass is 734 g/mol. The summed E-state index contributed by atoms with van der Waals surface area (Å²) in [4.78, 5) is 4.12. The maximum Gasteiger partial charge on any atom is 0.134 e. The van der Waals surface area contributed by atoms with Gasteiger partial charge in [-0.25, -0.2) is 13.2 Å². The van der Waals surface area contributed by atoms with Crippen molar-refractivity contribution >= 4 is 58.4 Å². The average molecular weight is 735 g/mol. The molecule has 7 aromatic rings. The van der Waals surface area contributed by atoms with Crippen molar-refractivity contribution in [2.24, 2.45) is 0 Å². The Kier molecular flexibility index (Phi) is 10.9. The van der Waals surface area contributed by atoms with Crippen molar-refractivity contribution in [2.75, 3.05) is 9.80 Å². The van der Waals surface area contributed by atoms with Crippen molar-refractivity contribution in [3.8, 4) is 12.1 Å². The molecule has 0 aliphatic rings. The average Bonchev–Trinajstić information content (AvgIpc) is 3.22. The van der Waals surface area contributed by atoms with Crippen LogP contribution in [0.3, 0.4) is 0 Å². The molecule has 0 aliphatic heterocycles. The molecule has 0 spiro atoms. The summed E-state index contributed by atoms with van der Waals surface area (Å²) in [7, 11) is 0. The number of anilines is 6. The SMILES string of the molecule is Cc1cc(C#N)cc(F)c1/C=C/c1cc(N(c2ccccc2)c2ccccc2)c(/C=C/c2c(F)cc(C#N)cc2F)cc1N(c1ccccc1)c1ccccc1. The first kappa shape index (κ1) is 36.7. The molecule has 0 saturated heterocycles. The number of hydrogen-bond donors (Lipinski definition) is 0. The van der Waals surface area contributed by atoms with E-state index >= 15 is 13.2 Å². The van der Waals surface area contributed by atoms with Gasteiger partial charge in [-0.15, -0.1) is 0 Å². The van der Waals surface area contributed by atoms with Gasteiger partial charge >= 0.3 is 0 Å². The van der Waals surface area contributed by atoms with Gasteiger partial charge in [0, 0.05) is 45.0 Å². The predicted molar refractivity (Wildman–Crippen MR) is 221 cm³/mol. The van der Waals surface area contributed by atoms with E-state index in [0.29, 0.717) is 33.6 Å². The summed E-state index contributed by atoms with van der Waals surface area (Å²) in [6.45, 7) is 1.76. The number of nitrogens with zero attached hydrogens (tertiary/aromatic N) is 4. The highest BCUT2D eigenvalue weighted by atomic mass is 19.1. The highest BCUT2D eigenvalue weighted by Crippen LogP contribution is 2.44. The van der Waals surface area contributed by atoms with Crippen molar-refractivity contribution in [1.29, 1.82) is 10.5 Å². The standard InChI is InChI=1S/C49H33F3N4/c1-34-26-35(32-53)27-45(50)43(34)24-22-37-30-49(56(41-18-10-4-11-19-41)42-20-12-5-13-21-42)38(23-25-44-46(51)28-36(33-54)29-47(44)52)31-48(37)55(39-14-6-2-7-15-39)40-16-8-3-9-17-40/h2-31H,1H3/b24-22+,25-23+. The van der Waals surface area contributed by atoms with Gasteiger partial charge < -0.3 is 9.80 Å². The van der Waals surface area contributed by atoms with E-state index in [-0.39, 0.29) is 16.7 Å². The zero-order valence-corrected chi connectivity index (χ0v) is 30.2. The van der Waals surface area contributed by atoms with Crippen molar-refractivity contribution in [2.45, 2.75) is 6.92 Å². The molecule has 56 heavy (non-hydrogen) atoms. The molecule has 0 unspecified atom stereocenters. The number of benzene rings is 7. The van der Waals surface area contributed by atoms with E-state index < -0.39 is 17.5 Å². The Labute approximate surface area is 324 Å². The summed E-state index contributed by atoms with van der Waals surface area (Å²) in [5.41, 5.74) is 6.72. The zero-order chi connectivity index (χ0) is 39.0. The van der Waals surface area contributed by atoms with Crippen LogP contribution >= 0.6 is 0 Å². The molecular weight excluding hydrogens is 702 g/mol. The molecule has 0 bridgehead atoms. The largest absolute Gasteiger partial charge is 0.310 e. The van der Waals surface area contributed by atoms with Gasteiger partial charge in [0.05, 0.1) is 34.6 Å². The number of nitriles is 2. The molecule has 0 radical (unpaired) electrons. The van der Waals surface area contributed by atoms with Crippen molar-refractivity contribution in [3.05, 3.63) is 214 Å². The molecule has 0 N–H and O–H groups in total. The van der Waals surface area contributed by atoms with Crippen LogP contribution in [0.25, 0.3) is 24.3 Å². The van der Waals surface area contributed by atoms with Crippen LogP contribution in [-0.2, 0) is 0 Å². The van der Waals surface area contributed by atoms with Crippen molar-refractivity contribution in [1.82, 2.24) is 0 Å². The van der Waals surface area contributed by atoms with Crippen LogP contribution in [0, 0.1) is 47.0 Å². The fourth-order valence-corrected chi connectivity index (χ4v) is 6.61. The molecule has 0 heterocycles. The second-order valence-corrected chi connectivity index (χ2v) is 12.9. The van der Waals surface area contributed by atoms with Crippen LogP contribution < -0.4 is 9.80 Å². The molecule has 0 aromatic heterocycles. The summed E-state index contributed by atoms with van der Waals surface area (Å²) >= 11 is 0. The minimum Gasteiger partial charge on any atom is -0.310 e. The van der Waals surface area contributed by atoms with Crippen LogP contribution in [0.15, 0.2) is 158 Å². The lowest BCUT2D eigenvalue weighted by molar-refractivity contribution is 0.578. The van der Waals surface area contributed by atoms with Gasteiger partial charge in [-0.05, 0) is 103 Å². The highest BCUT2D eigenvalue weighted by Gasteiger charge is 2.22. The summed E-state index contributed by atoms with van der Waals surface area (Å²) < 4.78 is 46.3. The van der Waals surface area contributed by atoms with E-state index in [2.05, 4.69) is 9.80 Å². The van der Waals surface area contributed by atoms with E-state index in [9.17, 15) is 10.5 Å². The minimum atomic E-state index is -0.864. The first-order chi connectivity index (χ1) is 27.3. The van der Waals surface area contributed by atoms with Gasteiger partial charge in [0.25, 0.3) is 0 Å². The molecule has 0 saturated carbocycles. The summed E-state index contributed by atoms with van der Waals surface area (Å²) in [6, 6.07) is 51.7. The lowest BCUT2D eigenvalue weighted by atomic mass is 9.98. The number of halogens is 3. The summed E-state index contributed by atoms with van der Waals surface area (Å²) in [5.74, 6) is -2.25. The Bertz CT molecular complexity index is 2330. The van der Waals surface area contributed by atoms with Gasteiger partial charge in [-0.1, -0.05) is 91.0 Å². The third kappa shape index (κ3) is 7.84. The van der Waals surface area contributed by atoms with Gasteiger partial charge in [-0.3, -0.25) is 0 Å². The molecule has 0 atom stereocenters. The third-order valence-electron chi connectivity index (χ3n) is 9.25. The Balaban J connectivity index is 1.56. The van der Waals surface area contributed by atoms with Crippen molar-refractivity contribution in [3.63, 3.8) is 0 Å². The number of rotatable bonds is 10. The predicted octanol–water partition coefficient (Wildman–Crippen LogP) is 13.4. The van der Waals surface area contributed by atoms with Gasteiger partial charge in [0.15, 0.2) is 0 Å². The van der Waals surface area contributed by atoms with E-state index in [0.717, 1.165) is 34.9 Å². The van der Waals surface area contributed by atoms with E-state index in [1.807, 2.05) is 146 Å². The van der Waals surface area contributed by atoms with Crippen LogP contribution in [0.2, 0.25) is 0 Å². The smallest absolute Gasteiger partial charge is 0.134 e. The molecule has 0 aliphatic carbocycles. The third-order valence-corrected chi connectivity index (χ3v) is 9.25. The van der Waals surface area contributed by atoms with Gasteiger partial charge in [0.1, 0.15) is 17.5 Å². The summed E-state index contributed by atoms with van der Waals surface area (Å²) in [5, 5.41) is 18.8. The lowest BCUT2D eigenvalue weighted by Gasteiger charge is -2.31. The number of para-hydroxylation sites is 4. The zero-order valence-electron chi connectivity index (χ0n) is 30.2. The maximum atomic E-state index is 15.6. The topological polar surface area (TPSA) is 54.1 Å². The first-order valence-corrected chi connectivity index (χ1v) is 17.8. The maximum absolute atomic E-state index is 15.6. The Morgan fingerprint density at radius 1 is 0.429 bits per heavy atom. The first-order valence-electron chi connectivity index (χ1n) is 17.8. The second-order valence-electron chi connectivity index (χ2n) is 12.9. The molecule has 270 valence electrons. The van der Waals surface area contributed by atoms with Crippen LogP contribution in [0.5, 0.6) is 0 Å². The molecule has 7 rings (SSSR count). The van der Waals surface area contributed by atoms with Crippen LogP contribution in [-0.4, -0.2) is 0 Å². The van der Waals surface area contributed by atoms with Gasteiger partial charge in [-0.2, -0.15) is 10.5 Å². The van der Waals surface area contributed by atoms with E-state index in [4.69, 9.17) is 0 Å².